The smallest absolute Gasteiger partial charge is 0.406 e. The third kappa shape index (κ3) is 6.52. The minimum Gasteiger partial charge on any atom is -0.406 e. The van der Waals surface area contributed by atoms with Crippen LogP contribution in [0.15, 0.2) is 24.3 Å². The zero-order chi connectivity index (χ0) is 15.2. The van der Waals surface area contributed by atoms with Crippen molar-refractivity contribution in [2.75, 3.05) is 12.8 Å². The lowest BCUT2D eigenvalue weighted by atomic mass is 10.1. The van der Waals surface area contributed by atoms with E-state index in [2.05, 4.69) is 23.2 Å². The van der Waals surface area contributed by atoms with E-state index in [1.54, 1.807) is 12.1 Å². The Morgan fingerprint density at radius 1 is 1.20 bits per heavy atom. The molecule has 0 heterocycles. The van der Waals surface area contributed by atoms with E-state index in [1.807, 2.05) is 18.7 Å². The SMILES string of the molecule is CSC(C)CCNC(C)c1ccc(OC(F)(F)F)cc1. The van der Waals surface area contributed by atoms with Gasteiger partial charge in [-0.05, 0) is 43.8 Å². The average Bonchev–Trinajstić information content (AvgIpc) is 2.37. The molecule has 0 spiro atoms. The first-order valence-electron chi connectivity index (χ1n) is 6.43. The number of hydrogen-bond donors (Lipinski definition) is 1. The van der Waals surface area contributed by atoms with Crippen LogP contribution in [0.5, 0.6) is 5.75 Å². The Balaban J connectivity index is 2.47. The van der Waals surface area contributed by atoms with Gasteiger partial charge in [-0.15, -0.1) is 13.2 Å². The zero-order valence-corrected chi connectivity index (χ0v) is 12.6. The highest BCUT2D eigenvalue weighted by Gasteiger charge is 2.30. The van der Waals surface area contributed by atoms with E-state index in [0.717, 1.165) is 18.5 Å². The molecule has 0 amide bonds. The number of benzene rings is 1. The molecule has 1 aromatic carbocycles. The molecule has 0 fully saturated rings. The van der Waals surface area contributed by atoms with Crippen LogP contribution in [0.4, 0.5) is 13.2 Å². The largest absolute Gasteiger partial charge is 0.573 e. The maximum atomic E-state index is 12.0. The minimum atomic E-state index is -4.64. The molecule has 0 bridgehead atoms. The first-order chi connectivity index (χ1) is 9.31. The number of ether oxygens (including phenoxy) is 1. The summed E-state index contributed by atoms with van der Waals surface area (Å²) < 4.78 is 40.0. The Labute approximate surface area is 122 Å². The van der Waals surface area contributed by atoms with Gasteiger partial charge in [-0.2, -0.15) is 11.8 Å². The van der Waals surface area contributed by atoms with Crippen LogP contribution in [0.25, 0.3) is 0 Å². The Morgan fingerprint density at radius 3 is 2.30 bits per heavy atom. The van der Waals surface area contributed by atoms with Gasteiger partial charge < -0.3 is 10.1 Å². The predicted molar refractivity (Wildman–Crippen MR) is 77.1 cm³/mol. The van der Waals surface area contributed by atoms with E-state index >= 15 is 0 Å². The fourth-order valence-electron chi connectivity index (χ4n) is 1.70. The van der Waals surface area contributed by atoms with Crippen molar-refractivity contribution in [3.05, 3.63) is 29.8 Å². The highest BCUT2D eigenvalue weighted by atomic mass is 32.2. The summed E-state index contributed by atoms with van der Waals surface area (Å²) in [5, 5.41) is 3.95. The molecule has 0 saturated carbocycles. The van der Waals surface area contributed by atoms with Gasteiger partial charge in [0.1, 0.15) is 5.75 Å². The standard InChI is InChI=1S/C14H20F3NOS/c1-10(20-3)8-9-18-11(2)12-4-6-13(7-5-12)19-14(15,16)17/h4-7,10-11,18H,8-9H2,1-3H3. The Hall–Kier alpha value is -0.880. The van der Waals surface area contributed by atoms with Crippen LogP contribution in [-0.4, -0.2) is 24.4 Å². The summed E-state index contributed by atoms with van der Waals surface area (Å²) in [7, 11) is 0. The zero-order valence-electron chi connectivity index (χ0n) is 11.8. The molecule has 2 atom stereocenters. The first-order valence-corrected chi connectivity index (χ1v) is 7.72. The molecule has 0 saturated heterocycles. The lowest BCUT2D eigenvalue weighted by Crippen LogP contribution is -2.22. The molecule has 0 aliphatic heterocycles. The van der Waals surface area contributed by atoms with Gasteiger partial charge in [0.15, 0.2) is 0 Å². The van der Waals surface area contributed by atoms with Crippen molar-refractivity contribution in [1.29, 1.82) is 0 Å². The van der Waals surface area contributed by atoms with E-state index in [-0.39, 0.29) is 11.8 Å². The summed E-state index contributed by atoms with van der Waals surface area (Å²) in [4.78, 5) is 0. The van der Waals surface area contributed by atoms with Crippen molar-refractivity contribution in [3.8, 4) is 5.75 Å². The fourth-order valence-corrected chi connectivity index (χ4v) is 2.05. The van der Waals surface area contributed by atoms with Gasteiger partial charge >= 0.3 is 6.36 Å². The minimum absolute atomic E-state index is 0.101. The van der Waals surface area contributed by atoms with Crippen molar-refractivity contribution in [2.24, 2.45) is 0 Å². The summed E-state index contributed by atoms with van der Waals surface area (Å²) in [5.74, 6) is -0.190. The van der Waals surface area contributed by atoms with E-state index < -0.39 is 6.36 Å². The lowest BCUT2D eigenvalue weighted by Gasteiger charge is -2.16. The number of nitrogens with one attached hydrogen (secondary N) is 1. The van der Waals surface area contributed by atoms with Crippen LogP contribution in [0.3, 0.4) is 0 Å². The van der Waals surface area contributed by atoms with Crippen molar-refractivity contribution >= 4 is 11.8 Å². The Bertz CT molecular complexity index is 394. The average molecular weight is 307 g/mol. The van der Waals surface area contributed by atoms with Gasteiger partial charge in [0, 0.05) is 11.3 Å². The van der Waals surface area contributed by atoms with E-state index in [1.165, 1.54) is 12.1 Å². The van der Waals surface area contributed by atoms with Crippen LogP contribution >= 0.6 is 11.8 Å². The molecule has 1 N–H and O–H groups in total. The molecular formula is C14H20F3NOS. The molecule has 20 heavy (non-hydrogen) atoms. The van der Waals surface area contributed by atoms with Gasteiger partial charge in [0.25, 0.3) is 0 Å². The van der Waals surface area contributed by atoms with Crippen molar-refractivity contribution < 1.29 is 17.9 Å². The molecule has 1 rings (SSSR count). The topological polar surface area (TPSA) is 21.3 Å². The van der Waals surface area contributed by atoms with E-state index in [4.69, 9.17) is 0 Å². The molecule has 0 aliphatic rings. The predicted octanol–water partition coefficient (Wildman–Crippen LogP) is 4.38. The molecule has 2 unspecified atom stereocenters. The first kappa shape index (κ1) is 17.2. The molecule has 0 aliphatic carbocycles. The second-order valence-corrected chi connectivity index (χ2v) is 5.90. The second-order valence-electron chi connectivity index (χ2n) is 4.63. The van der Waals surface area contributed by atoms with Crippen LogP contribution in [0.1, 0.15) is 31.9 Å². The van der Waals surface area contributed by atoms with E-state index in [9.17, 15) is 13.2 Å². The quantitative estimate of drug-likeness (QED) is 0.808. The van der Waals surface area contributed by atoms with Crippen LogP contribution < -0.4 is 10.1 Å². The highest BCUT2D eigenvalue weighted by molar-refractivity contribution is 7.99. The number of rotatable bonds is 7. The van der Waals surface area contributed by atoms with E-state index in [0.29, 0.717) is 5.25 Å². The number of halogens is 3. The maximum Gasteiger partial charge on any atom is 0.573 e. The van der Waals surface area contributed by atoms with Gasteiger partial charge in [-0.1, -0.05) is 19.1 Å². The monoisotopic (exact) mass is 307 g/mol. The molecular weight excluding hydrogens is 287 g/mol. The van der Waals surface area contributed by atoms with Crippen molar-refractivity contribution in [3.63, 3.8) is 0 Å². The molecule has 6 heteroatoms. The number of thioether (sulfide) groups is 1. The maximum absolute atomic E-state index is 12.0. The summed E-state index contributed by atoms with van der Waals surface area (Å²) in [6, 6.07) is 6.08. The Kier molecular flexibility index (Phi) is 6.68. The van der Waals surface area contributed by atoms with Crippen molar-refractivity contribution in [2.45, 2.75) is 37.9 Å². The van der Waals surface area contributed by atoms with Crippen LogP contribution in [-0.2, 0) is 0 Å². The third-order valence-electron chi connectivity index (χ3n) is 3.02. The molecule has 1 aromatic rings. The van der Waals surface area contributed by atoms with Crippen LogP contribution in [0, 0.1) is 0 Å². The van der Waals surface area contributed by atoms with Gasteiger partial charge in [0.2, 0.25) is 0 Å². The lowest BCUT2D eigenvalue weighted by molar-refractivity contribution is -0.274. The molecule has 0 aromatic heterocycles. The summed E-state index contributed by atoms with van der Waals surface area (Å²) in [5.41, 5.74) is 0.941. The second kappa shape index (κ2) is 7.78. The van der Waals surface area contributed by atoms with Gasteiger partial charge in [-0.3, -0.25) is 0 Å². The highest BCUT2D eigenvalue weighted by Crippen LogP contribution is 2.24. The summed E-state index contributed by atoms with van der Waals surface area (Å²) in [6.07, 6.45) is -1.51. The third-order valence-corrected chi connectivity index (χ3v) is 4.06. The van der Waals surface area contributed by atoms with Crippen molar-refractivity contribution in [1.82, 2.24) is 5.32 Å². The normalized spacial score (nSPS) is 14.9. The number of alkyl halides is 3. The summed E-state index contributed by atoms with van der Waals surface area (Å²) in [6.45, 7) is 5.04. The van der Waals surface area contributed by atoms with Crippen LogP contribution in [0.2, 0.25) is 0 Å². The fraction of sp³-hybridized carbons (Fsp3) is 0.571. The molecule has 2 nitrogen and oxygen atoms in total. The number of hydrogen-bond acceptors (Lipinski definition) is 3. The van der Waals surface area contributed by atoms with Gasteiger partial charge in [-0.25, -0.2) is 0 Å². The summed E-state index contributed by atoms with van der Waals surface area (Å²) >= 11 is 1.82. The van der Waals surface area contributed by atoms with Gasteiger partial charge in [0.05, 0.1) is 0 Å². The molecule has 114 valence electrons. The Morgan fingerprint density at radius 2 is 1.80 bits per heavy atom. The molecule has 0 radical (unpaired) electrons.